The molecule has 4 heteroatoms. The Labute approximate surface area is 125 Å². The Morgan fingerprint density at radius 3 is 2.57 bits per heavy atom. The molecule has 1 aliphatic carbocycles. The summed E-state index contributed by atoms with van der Waals surface area (Å²) in [4.78, 5) is 23.8. The normalized spacial score (nSPS) is 24.8. The van der Waals surface area contributed by atoms with Gasteiger partial charge >= 0.3 is 0 Å². The molecule has 0 fully saturated rings. The first kappa shape index (κ1) is 15.7. The molecule has 0 radical (unpaired) electrons. The quantitative estimate of drug-likeness (QED) is 0.603. The summed E-state index contributed by atoms with van der Waals surface area (Å²) in [5.41, 5.74) is -1.15. The summed E-state index contributed by atoms with van der Waals surface area (Å²) in [5, 5.41) is 9.88. The van der Waals surface area contributed by atoms with Crippen molar-refractivity contribution in [3.8, 4) is 0 Å². The molecule has 1 atom stereocenters. The number of rotatable bonds is 6. The Morgan fingerprint density at radius 2 is 1.86 bits per heavy atom. The van der Waals surface area contributed by atoms with Crippen LogP contribution >= 0.6 is 0 Å². The molecule has 0 saturated carbocycles. The van der Waals surface area contributed by atoms with Crippen LogP contribution in [0.1, 0.15) is 52.4 Å². The number of carbonyl (C=O) groups excluding carboxylic acids is 2. The lowest BCUT2D eigenvalue weighted by Gasteiger charge is -2.27. The summed E-state index contributed by atoms with van der Waals surface area (Å²) >= 11 is 0. The zero-order chi connectivity index (χ0) is 15.5. The number of carbonyl (C=O) groups is 2. The summed E-state index contributed by atoms with van der Waals surface area (Å²) in [6.45, 7) is 3.40. The highest BCUT2D eigenvalue weighted by molar-refractivity contribution is 6.25. The van der Waals surface area contributed by atoms with Gasteiger partial charge in [-0.3, -0.25) is 9.59 Å². The van der Waals surface area contributed by atoms with E-state index in [0.717, 1.165) is 25.0 Å². The Morgan fingerprint density at radius 1 is 1.14 bits per heavy atom. The van der Waals surface area contributed by atoms with Crippen molar-refractivity contribution < 1.29 is 19.4 Å². The standard InChI is InChI=1S/C17H22O4/c1-3-4-5-6-7-8-13-9-12-10-15(18)17(2,20)16(19)14(12)11-21-13/h9-11,20H,3-8H2,1-2H3/t17-/m0/s1. The maximum Gasteiger partial charge on any atom is 0.205 e. The van der Waals surface area contributed by atoms with Gasteiger partial charge < -0.3 is 9.84 Å². The lowest BCUT2D eigenvalue weighted by Crippen LogP contribution is -2.46. The summed E-state index contributed by atoms with van der Waals surface area (Å²) in [5.74, 6) is -0.396. The molecule has 0 unspecified atom stereocenters. The largest absolute Gasteiger partial charge is 0.469 e. The molecule has 2 aliphatic rings. The number of Topliss-reactive ketones (excluding diaryl/α,β-unsaturated/α-hetero) is 1. The zero-order valence-electron chi connectivity index (χ0n) is 12.6. The highest BCUT2D eigenvalue weighted by Crippen LogP contribution is 2.32. The first-order valence-corrected chi connectivity index (χ1v) is 7.58. The van der Waals surface area contributed by atoms with Crippen molar-refractivity contribution >= 4 is 11.6 Å². The summed E-state index contributed by atoms with van der Waals surface area (Å²) in [7, 11) is 0. The minimum Gasteiger partial charge on any atom is -0.469 e. The van der Waals surface area contributed by atoms with Crippen LogP contribution in [0.15, 0.2) is 35.3 Å². The van der Waals surface area contributed by atoms with Crippen molar-refractivity contribution in [1.82, 2.24) is 0 Å². The Hall–Kier alpha value is -1.68. The summed E-state index contributed by atoms with van der Waals surface area (Å²) in [6, 6.07) is 0. The lowest BCUT2D eigenvalue weighted by molar-refractivity contribution is -0.144. The molecule has 1 heterocycles. The lowest BCUT2D eigenvalue weighted by atomic mass is 9.80. The van der Waals surface area contributed by atoms with Crippen molar-refractivity contribution in [2.75, 3.05) is 0 Å². The highest BCUT2D eigenvalue weighted by atomic mass is 16.5. The van der Waals surface area contributed by atoms with Crippen LogP contribution in [-0.4, -0.2) is 22.3 Å². The molecular formula is C17H22O4. The van der Waals surface area contributed by atoms with Gasteiger partial charge in [0.05, 0.1) is 5.57 Å². The monoisotopic (exact) mass is 290 g/mol. The van der Waals surface area contributed by atoms with Gasteiger partial charge in [-0.05, 0) is 31.1 Å². The second-order valence-corrected chi connectivity index (χ2v) is 5.79. The van der Waals surface area contributed by atoms with Crippen LogP contribution in [0.25, 0.3) is 0 Å². The molecule has 1 N–H and O–H groups in total. The van der Waals surface area contributed by atoms with Gasteiger partial charge in [-0.1, -0.05) is 32.6 Å². The van der Waals surface area contributed by atoms with Gasteiger partial charge in [0.25, 0.3) is 0 Å². The number of unbranched alkanes of at least 4 members (excludes halogenated alkanes) is 4. The van der Waals surface area contributed by atoms with E-state index in [2.05, 4.69) is 6.92 Å². The maximum absolute atomic E-state index is 12.0. The molecule has 4 nitrogen and oxygen atoms in total. The number of ketones is 2. The van der Waals surface area contributed by atoms with Gasteiger partial charge in [0.15, 0.2) is 11.4 Å². The predicted octanol–water partition coefficient (Wildman–Crippen LogP) is 2.97. The van der Waals surface area contributed by atoms with Gasteiger partial charge in [-0.2, -0.15) is 0 Å². The third-order valence-corrected chi connectivity index (χ3v) is 3.94. The van der Waals surface area contributed by atoms with Crippen molar-refractivity contribution in [2.24, 2.45) is 0 Å². The van der Waals surface area contributed by atoms with E-state index in [1.807, 2.05) is 0 Å². The van der Waals surface area contributed by atoms with Gasteiger partial charge in [0, 0.05) is 6.42 Å². The van der Waals surface area contributed by atoms with E-state index in [9.17, 15) is 14.7 Å². The van der Waals surface area contributed by atoms with Crippen LogP contribution in [0.2, 0.25) is 0 Å². The molecule has 1 aliphatic heterocycles. The molecule has 0 aromatic carbocycles. The number of hydrogen-bond donors (Lipinski definition) is 1. The molecule has 0 aromatic rings. The summed E-state index contributed by atoms with van der Waals surface area (Å²) in [6.07, 6.45) is 11.1. The van der Waals surface area contributed by atoms with Gasteiger partial charge in [0.1, 0.15) is 12.0 Å². The molecular weight excluding hydrogens is 268 g/mol. The van der Waals surface area contributed by atoms with E-state index in [-0.39, 0.29) is 5.57 Å². The number of ether oxygens (including phenoxy) is 1. The van der Waals surface area contributed by atoms with E-state index >= 15 is 0 Å². The van der Waals surface area contributed by atoms with E-state index in [1.54, 1.807) is 6.08 Å². The van der Waals surface area contributed by atoms with Crippen LogP contribution < -0.4 is 0 Å². The highest BCUT2D eigenvalue weighted by Gasteiger charge is 2.44. The Balaban J connectivity index is 2.01. The molecule has 2 rings (SSSR count). The number of allylic oxidation sites excluding steroid dienone is 3. The van der Waals surface area contributed by atoms with Crippen LogP contribution in [0.4, 0.5) is 0 Å². The van der Waals surface area contributed by atoms with Crippen LogP contribution in [0.5, 0.6) is 0 Å². The third kappa shape index (κ3) is 3.32. The van der Waals surface area contributed by atoms with Crippen molar-refractivity contribution in [2.45, 2.75) is 58.0 Å². The molecule has 0 amide bonds. The predicted molar refractivity (Wildman–Crippen MR) is 79.3 cm³/mol. The number of hydrogen-bond acceptors (Lipinski definition) is 4. The Bertz CT molecular complexity index is 535. The number of fused-ring (bicyclic) bond motifs is 1. The SMILES string of the molecule is CCCCCCCC1=CC2=CC(=O)[C@](C)(O)C(=O)C2=CO1. The fourth-order valence-corrected chi connectivity index (χ4v) is 2.48. The van der Waals surface area contributed by atoms with Gasteiger partial charge in [-0.25, -0.2) is 0 Å². The van der Waals surface area contributed by atoms with E-state index in [0.29, 0.717) is 5.57 Å². The first-order valence-electron chi connectivity index (χ1n) is 7.58. The average Bonchev–Trinajstić information content (AvgIpc) is 2.45. The molecule has 21 heavy (non-hydrogen) atoms. The first-order chi connectivity index (χ1) is 9.96. The minimum absolute atomic E-state index is 0.273. The molecule has 0 spiro atoms. The minimum atomic E-state index is -1.97. The molecule has 0 saturated heterocycles. The van der Waals surface area contributed by atoms with Crippen molar-refractivity contribution in [3.63, 3.8) is 0 Å². The van der Waals surface area contributed by atoms with E-state index < -0.39 is 17.2 Å². The topological polar surface area (TPSA) is 63.6 Å². The fourth-order valence-electron chi connectivity index (χ4n) is 2.48. The van der Waals surface area contributed by atoms with Gasteiger partial charge in [0.2, 0.25) is 5.78 Å². The fraction of sp³-hybridized carbons (Fsp3) is 0.529. The van der Waals surface area contributed by atoms with Crippen LogP contribution in [0.3, 0.4) is 0 Å². The second-order valence-electron chi connectivity index (χ2n) is 5.79. The van der Waals surface area contributed by atoms with Gasteiger partial charge in [-0.15, -0.1) is 0 Å². The second kappa shape index (κ2) is 6.39. The van der Waals surface area contributed by atoms with Crippen molar-refractivity contribution in [1.29, 1.82) is 0 Å². The maximum atomic E-state index is 12.0. The van der Waals surface area contributed by atoms with Crippen LogP contribution in [0, 0.1) is 0 Å². The molecule has 0 bridgehead atoms. The van der Waals surface area contributed by atoms with E-state index in [1.165, 1.54) is 38.5 Å². The molecule has 114 valence electrons. The van der Waals surface area contributed by atoms with E-state index in [4.69, 9.17) is 4.74 Å². The summed E-state index contributed by atoms with van der Waals surface area (Å²) < 4.78 is 5.47. The van der Waals surface area contributed by atoms with Crippen LogP contribution in [-0.2, 0) is 14.3 Å². The molecule has 0 aromatic heterocycles. The zero-order valence-corrected chi connectivity index (χ0v) is 12.6. The average molecular weight is 290 g/mol. The smallest absolute Gasteiger partial charge is 0.205 e. The third-order valence-electron chi connectivity index (χ3n) is 3.94. The number of aliphatic hydroxyl groups is 1. The Kier molecular flexibility index (Phi) is 4.78. The van der Waals surface area contributed by atoms with Crippen molar-refractivity contribution in [3.05, 3.63) is 35.3 Å².